The number of ether oxygens (including phenoxy) is 2. The lowest BCUT2D eigenvalue weighted by Gasteiger charge is -2.22. The highest BCUT2D eigenvalue weighted by molar-refractivity contribution is 7.21. The number of hydrogen-bond donors (Lipinski definition) is 1. The minimum Gasteiger partial charge on any atom is -0.497 e. The van der Waals surface area contributed by atoms with Gasteiger partial charge in [0.2, 0.25) is 5.91 Å². The minimum absolute atomic E-state index is 0.147. The van der Waals surface area contributed by atoms with Crippen molar-refractivity contribution in [3.05, 3.63) is 76.9 Å². The summed E-state index contributed by atoms with van der Waals surface area (Å²) in [4.78, 5) is 32.2. The van der Waals surface area contributed by atoms with Crippen LogP contribution in [0, 0.1) is 11.3 Å². The SMILES string of the molecule is CNC(=O)CCN(Cc1ccc(C#N)cc1)C(=O)c1cc2cc(OC)cc(-c3cncc(OC)c3)c2s1. The van der Waals surface area contributed by atoms with Crippen molar-refractivity contribution in [2.24, 2.45) is 0 Å². The first kappa shape index (κ1) is 25.7. The molecule has 1 N–H and O–H groups in total. The molecule has 188 valence electrons. The zero-order chi connectivity index (χ0) is 26.4. The molecule has 0 aliphatic rings. The number of benzene rings is 2. The van der Waals surface area contributed by atoms with E-state index >= 15 is 0 Å². The molecule has 37 heavy (non-hydrogen) atoms. The average molecular weight is 515 g/mol. The maximum absolute atomic E-state index is 13.7. The number of carbonyl (C=O) groups excluding carboxylic acids is 2. The molecule has 0 radical (unpaired) electrons. The van der Waals surface area contributed by atoms with Crippen LogP contribution in [0.15, 0.2) is 60.9 Å². The summed E-state index contributed by atoms with van der Waals surface area (Å²) in [6, 6.07) is 16.7. The molecule has 2 aromatic carbocycles. The van der Waals surface area contributed by atoms with Gasteiger partial charge in [-0.3, -0.25) is 14.6 Å². The normalized spacial score (nSPS) is 10.5. The van der Waals surface area contributed by atoms with Crippen LogP contribution in [0.1, 0.15) is 27.2 Å². The van der Waals surface area contributed by atoms with Gasteiger partial charge in [-0.15, -0.1) is 11.3 Å². The summed E-state index contributed by atoms with van der Waals surface area (Å²) in [6.45, 7) is 0.564. The first-order valence-electron chi connectivity index (χ1n) is 11.6. The molecule has 0 spiro atoms. The van der Waals surface area contributed by atoms with E-state index in [9.17, 15) is 9.59 Å². The fourth-order valence-electron chi connectivity index (χ4n) is 3.92. The van der Waals surface area contributed by atoms with Gasteiger partial charge in [0.15, 0.2) is 0 Å². The van der Waals surface area contributed by atoms with Gasteiger partial charge < -0.3 is 19.7 Å². The average Bonchev–Trinajstić information content (AvgIpc) is 3.38. The number of thiophene rings is 1. The number of rotatable bonds is 9. The lowest BCUT2D eigenvalue weighted by atomic mass is 10.0. The summed E-state index contributed by atoms with van der Waals surface area (Å²) in [5.41, 5.74) is 3.15. The smallest absolute Gasteiger partial charge is 0.264 e. The molecule has 0 unspecified atom stereocenters. The van der Waals surface area contributed by atoms with Crippen molar-refractivity contribution >= 4 is 33.2 Å². The molecule has 0 fully saturated rings. The second-order valence-electron chi connectivity index (χ2n) is 8.28. The van der Waals surface area contributed by atoms with Crippen molar-refractivity contribution in [1.82, 2.24) is 15.2 Å². The summed E-state index contributed by atoms with van der Waals surface area (Å²) >= 11 is 1.39. The van der Waals surface area contributed by atoms with Gasteiger partial charge in [0.05, 0.1) is 36.9 Å². The Kier molecular flexibility index (Phi) is 8.01. The number of carbonyl (C=O) groups is 2. The van der Waals surface area contributed by atoms with Gasteiger partial charge in [-0.25, -0.2) is 0 Å². The molecule has 0 atom stereocenters. The summed E-state index contributed by atoms with van der Waals surface area (Å²) in [5.74, 6) is 0.968. The third kappa shape index (κ3) is 5.88. The van der Waals surface area contributed by atoms with Crippen LogP contribution in [0.3, 0.4) is 0 Å². The molecule has 2 amide bonds. The Morgan fingerprint density at radius 2 is 1.81 bits per heavy atom. The van der Waals surface area contributed by atoms with Gasteiger partial charge >= 0.3 is 0 Å². The van der Waals surface area contributed by atoms with Crippen molar-refractivity contribution in [2.45, 2.75) is 13.0 Å². The quantitative estimate of drug-likeness (QED) is 0.349. The minimum atomic E-state index is -0.178. The molecule has 4 aromatic rings. The fraction of sp³-hybridized carbons (Fsp3) is 0.214. The predicted octanol–water partition coefficient (Wildman–Crippen LogP) is 4.63. The number of aromatic nitrogens is 1. The number of nitrogens with one attached hydrogen (secondary N) is 1. The van der Waals surface area contributed by atoms with Crippen molar-refractivity contribution < 1.29 is 19.1 Å². The lowest BCUT2D eigenvalue weighted by Crippen LogP contribution is -2.33. The highest BCUT2D eigenvalue weighted by Crippen LogP contribution is 2.39. The van der Waals surface area contributed by atoms with Gasteiger partial charge in [-0.2, -0.15) is 5.26 Å². The molecular formula is C28H26N4O4S. The van der Waals surface area contributed by atoms with E-state index in [1.807, 2.05) is 36.4 Å². The molecule has 0 aliphatic carbocycles. The Morgan fingerprint density at radius 3 is 2.49 bits per heavy atom. The molecule has 0 aliphatic heterocycles. The van der Waals surface area contributed by atoms with Crippen LogP contribution >= 0.6 is 11.3 Å². The zero-order valence-corrected chi connectivity index (χ0v) is 21.6. The number of nitrogens with zero attached hydrogens (tertiary/aromatic N) is 3. The van der Waals surface area contributed by atoms with E-state index in [1.165, 1.54) is 11.3 Å². The Hall–Kier alpha value is -4.42. The van der Waals surface area contributed by atoms with E-state index in [0.29, 0.717) is 28.5 Å². The Bertz CT molecular complexity index is 1470. The summed E-state index contributed by atoms with van der Waals surface area (Å²) in [7, 11) is 4.76. The third-order valence-corrected chi connectivity index (χ3v) is 7.10. The fourth-order valence-corrected chi connectivity index (χ4v) is 5.06. The standard InChI is InChI=1S/C28H26N4O4S/c1-30-26(33)8-9-32(17-19-6-4-18(14-29)5-7-19)28(34)25-12-20-10-22(35-2)13-24(27(20)37-25)21-11-23(36-3)16-31-15-21/h4-7,10-13,15-16H,8-9,17H2,1-3H3,(H,30,33). The summed E-state index contributed by atoms with van der Waals surface area (Å²) in [6.07, 6.45) is 3.56. The second kappa shape index (κ2) is 11.5. The van der Waals surface area contributed by atoms with E-state index in [0.717, 1.165) is 26.8 Å². The number of pyridine rings is 1. The Morgan fingerprint density at radius 1 is 1.05 bits per heavy atom. The van der Waals surface area contributed by atoms with Gasteiger partial charge in [0, 0.05) is 48.6 Å². The van der Waals surface area contributed by atoms with Gasteiger partial charge in [0.25, 0.3) is 5.91 Å². The van der Waals surface area contributed by atoms with Crippen LogP contribution in [0.4, 0.5) is 0 Å². The summed E-state index contributed by atoms with van der Waals surface area (Å²) in [5, 5.41) is 12.6. The molecule has 0 bridgehead atoms. The number of nitriles is 1. The number of methoxy groups -OCH3 is 2. The first-order valence-corrected chi connectivity index (χ1v) is 12.4. The Labute approximate surface area is 219 Å². The van der Waals surface area contributed by atoms with Crippen molar-refractivity contribution in [3.63, 3.8) is 0 Å². The molecule has 2 aromatic heterocycles. The predicted molar refractivity (Wildman–Crippen MR) is 143 cm³/mol. The first-order chi connectivity index (χ1) is 17.9. The summed E-state index contributed by atoms with van der Waals surface area (Å²) < 4.78 is 11.8. The van der Waals surface area contributed by atoms with E-state index in [1.54, 1.807) is 50.7 Å². The third-order valence-electron chi connectivity index (χ3n) is 5.93. The molecule has 0 saturated carbocycles. The van der Waals surface area contributed by atoms with Gasteiger partial charge in [0.1, 0.15) is 11.5 Å². The number of hydrogen-bond acceptors (Lipinski definition) is 7. The highest BCUT2D eigenvalue weighted by atomic mass is 32.1. The van der Waals surface area contributed by atoms with Crippen LogP contribution in [-0.4, -0.2) is 49.5 Å². The molecule has 4 rings (SSSR count). The van der Waals surface area contributed by atoms with Gasteiger partial charge in [-0.1, -0.05) is 12.1 Å². The van der Waals surface area contributed by atoms with Crippen LogP contribution in [0.25, 0.3) is 21.2 Å². The van der Waals surface area contributed by atoms with E-state index < -0.39 is 0 Å². The monoisotopic (exact) mass is 514 g/mol. The van der Waals surface area contributed by atoms with Crippen LogP contribution in [0.2, 0.25) is 0 Å². The zero-order valence-electron chi connectivity index (χ0n) is 20.8. The van der Waals surface area contributed by atoms with E-state index in [4.69, 9.17) is 14.7 Å². The molecule has 8 nitrogen and oxygen atoms in total. The van der Waals surface area contributed by atoms with Crippen molar-refractivity contribution in [3.8, 4) is 28.7 Å². The van der Waals surface area contributed by atoms with Crippen molar-refractivity contribution in [1.29, 1.82) is 5.26 Å². The van der Waals surface area contributed by atoms with E-state index in [-0.39, 0.29) is 24.8 Å². The molecule has 9 heteroatoms. The molecule has 0 saturated heterocycles. The second-order valence-corrected chi connectivity index (χ2v) is 9.33. The molecule has 2 heterocycles. The van der Waals surface area contributed by atoms with Crippen LogP contribution in [-0.2, 0) is 11.3 Å². The lowest BCUT2D eigenvalue weighted by molar-refractivity contribution is -0.120. The van der Waals surface area contributed by atoms with Crippen LogP contribution in [0.5, 0.6) is 11.5 Å². The van der Waals surface area contributed by atoms with Crippen LogP contribution < -0.4 is 14.8 Å². The Balaban J connectivity index is 1.72. The highest BCUT2D eigenvalue weighted by Gasteiger charge is 2.21. The van der Waals surface area contributed by atoms with Gasteiger partial charge in [-0.05, 0) is 47.3 Å². The maximum Gasteiger partial charge on any atom is 0.264 e. The topological polar surface area (TPSA) is 105 Å². The van der Waals surface area contributed by atoms with E-state index in [2.05, 4.69) is 16.4 Å². The molecular weight excluding hydrogens is 488 g/mol. The van der Waals surface area contributed by atoms with Crippen molar-refractivity contribution in [2.75, 3.05) is 27.8 Å². The largest absolute Gasteiger partial charge is 0.497 e. The number of amides is 2. The maximum atomic E-state index is 13.7. The number of fused-ring (bicyclic) bond motifs is 1.